The second-order valence-electron chi connectivity index (χ2n) is 5.69. The number of hydrogen-bond donors (Lipinski definition) is 2. The molecule has 0 saturated carbocycles. The summed E-state index contributed by atoms with van der Waals surface area (Å²) in [4.78, 5) is 15.3. The zero-order valence-corrected chi connectivity index (χ0v) is 14.9. The predicted octanol–water partition coefficient (Wildman–Crippen LogP) is 4.84. The van der Waals surface area contributed by atoms with E-state index in [-0.39, 0.29) is 18.2 Å². The fourth-order valence-electron chi connectivity index (χ4n) is 2.70. The maximum atomic E-state index is 12.9. The van der Waals surface area contributed by atoms with E-state index in [0.29, 0.717) is 33.9 Å². The molecule has 0 fully saturated rings. The van der Waals surface area contributed by atoms with E-state index in [9.17, 15) is 13.2 Å². The standard InChI is InChI=1S/C18H12F3N5O.ClH/c19-18(20,21)10-2-1-3-11(6-10)27-14-4-5-23-17-16(14)12(8-24-17)13-7-15(22)26-9-25-13;/h1-9H,(H,23,24)(H2,22,25,26);1H. The van der Waals surface area contributed by atoms with Gasteiger partial charge in [0, 0.05) is 24.0 Å². The molecule has 0 atom stereocenters. The van der Waals surface area contributed by atoms with E-state index in [2.05, 4.69) is 19.9 Å². The Morgan fingerprint density at radius 3 is 2.61 bits per heavy atom. The molecule has 0 aliphatic rings. The van der Waals surface area contributed by atoms with Crippen molar-refractivity contribution >= 4 is 29.3 Å². The number of alkyl halides is 3. The third-order valence-corrected chi connectivity index (χ3v) is 3.89. The minimum atomic E-state index is -4.45. The van der Waals surface area contributed by atoms with E-state index in [1.807, 2.05) is 0 Å². The highest BCUT2D eigenvalue weighted by atomic mass is 35.5. The molecule has 0 unspecified atom stereocenters. The Balaban J connectivity index is 0.00000225. The van der Waals surface area contributed by atoms with Gasteiger partial charge in [0.05, 0.1) is 16.6 Å². The lowest BCUT2D eigenvalue weighted by Crippen LogP contribution is -2.04. The van der Waals surface area contributed by atoms with Gasteiger partial charge in [0.25, 0.3) is 0 Å². The number of pyridine rings is 1. The summed E-state index contributed by atoms with van der Waals surface area (Å²) in [6, 6.07) is 7.84. The van der Waals surface area contributed by atoms with Gasteiger partial charge >= 0.3 is 6.18 Å². The lowest BCUT2D eigenvalue weighted by molar-refractivity contribution is -0.137. The van der Waals surface area contributed by atoms with Gasteiger partial charge in [0.1, 0.15) is 29.3 Å². The van der Waals surface area contributed by atoms with Crippen molar-refractivity contribution in [1.82, 2.24) is 19.9 Å². The summed E-state index contributed by atoms with van der Waals surface area (Å²) < 4.78 is 44.6. The SMILES string of the molecule is Cl.Nc1cc(-c2c[nH]c3nccc(Oc4cccc(C(F)(F)F)c4)c23)ncn1. The van der Waals surface area contributed by atoms with Crippen LogP contribution in [-0.2, 0) is 6.18 Å². The Morgan fingerprint density at radius 1 is 1.04 bits per heavy atom. The van der Waals surface area contributed by atoms with Crippen molar-refractivity contribution < 1.29 is 17.9 Å². The number of nitrogens with one attached hydrogen (secondary N) is 1. The predicted molar refractivity (Wildman–Crippen MR) is 100 cm³/mol. The first-order valence-electron chi connectivity index (χ1n) is 7.81. The lowest BCUT2D eigenvalue weighted by atomic mass is 10.1. The molecular weight excluding hydrogens is 395 g/mol. The zero-order chi connectivity index (χ0) is 19.0. The van der Waals surface area contributed by atoms with E-state index in [4.69, 9.17) is 10.5 Å². The van der Waals surface area contributed by atoms with Crippen LogP contribution in [0, 0.1) is 0 Å². The van der Waals surface area contributed by atoms with Crippen molar-refractivity contribution in [3.05, 3.63) is 60.7 Å². The van der Waals surface area contributed by atoms with Crippen molar-refractivity contribution in [2.24, 2.45) is 0 Å². The Bertz CT molecular complexity index is 1130. The van der Waals surface area contributed by atoms with Crippen LogP contribution < -0.4 is 10.5 Å². The summed E-state index contributed by atoms with van der Waals surface area (Å²) in [6.07, 6.45) is 0.0518. The van der Waals surface area contributed by atoms with Gasteiger partial charge in [-0.05, 0) is 24.3 Å². The Kier molecular flexibility index (Phi) is 5.10. The molecular formula is C18H13ClF3N5O. The maximum Gasteiger partial charge on any atom is 0.416 e. The van der Waals surface area contributed by atoms with Gasteiger partial charge in [-0.25, -0.2) is 15.0 Å². The van der Waals surface area contributed by atoms with E-state index in [1.54, 1.807) is 18.3 Å². The third kappa shape index (κ3) is 3.70. The average Bonchev–Trinajstić information content (AvgIpc) is 3.06. The number of nitrogens with two attached hydrogens (primary N) is 1. The molecule has 0 aliphatic heterocycles. The number of hydrogen-bond acceptors (Lipinski definition) is 5. The minimum absolute atomic E-state index is 0. The second-order valence-corrected chi connectivity index (χ2v) is 5.69. The summed E-state index contributed by atoms with van der Waals surface area (Å²) in [7, 11) is 0. The van der Waals surface area contributed by atoms with Gasteiger partial charge in [0.2, 0.25) is 0 Å². The molecule has 3 heterocycles. The Morgan fingerprint density at radius 2 is 1.86 bits per heavy atom. The Labute approximate surface area is 163 Å². The fourth-order valence-corrected chi connectivity index (χ4v) is 2.70. The molecule has 4 rings (SSSR count). The number of aromatic nitrogens is 4. The van der Waals surface area contributed by atoms with Gasteiger partial charge in [-0.2, -0.15) is 13.2 Å². The van der Waals surface area contributed by atoms with Crippen LogP contribution in [0.2, 0.25) is 0 Å². The number of ether oxygens (including phenoxy) is 1. The van der Waals surface area contributed by atoms with Crippen molar-refractivity contribution in [3.63, 3.8) is 0 Å². The molecule has 10 heteroatoms. The van der Waals surface area contributed by atoms with Crippen molar-refractivity contribution in [3.8, 4) is 22.8 Å². The summed E-state index contributed by atoms with van der Waals surface area (Å²) >= 11 is 0. The summed E-state index contributed by atoms with van der Waals surface area (Å²) in [5, 5.41) is 0.577. The molecule has 144 valence electrons. The number of aromatic amines is 1. The van der Waals surface area contributed by atoms with Crippen molar-refractivity contribution in [2.45, 2.75) is 6.18 Å². The summed E-state index contributed by atoms with van der Waals surface area (Å²) in [6.45, 7) is 0. The number of fused-ring (bicyclic) bond motifs is 1. The molecule has 0 saturated heterocycles. The van der Waals surface area contributed by atoms with Crippen LogP contribution in [0.3, 0.4) is 0 Å². The average molecular weight is 408 g/mol. The molecule has 4 aromatic rings. The summed E-state index contributed by atoms with van der Waals surface area (Å²) in [5.74, 6) is 0.693. The molecule has 0 amide bonds. The number of rotatable bonds is 3. The smallest absolute Gasteiger partial charge is 0.416 e. The summed E-state index contributed by atoms with van der Waals surface area (Å²) in [5.41, 5.74) is 6.62. The zero-order valence-electron chi connectivity index (χ0n) is 14.1. The van der Waals surface area contributed by atoms with Crippen LogP contribution in [0.25, 0.3) is 22.3 Å². The molecule has 6 nitrogen and oxygen atoms in total. The van der Waals surface area contributed by atoms with Crippen LogP contribution in [0.15, 0.2) is 55.1 Å². The molecule has 0 bridgehead atoms. The number of H-pyrrole nitrogens is 1. The second kappa shape index (κ2) is 7.35. The number of benzene rings is 1. The quantitative estimate of drug-likeness (QED) is 0.507. The molecule has 0 aliphatic carbocycles. The fraction of sp³-hybridized carbons (Fsp3) is 0.0556. The molecule has 0 spiro atoms. The van der Waals surface area contributed by atoms with Crippen LogP contribution in [0.1, 0.15) is 5.56 Å². The lowest BCUT2D eigenvalue weighted by Gasteiger charge is -2.11. The largest absolute Gasteiger partial charge is 0.457 e. The van der Waals surface area contributed by atoms with Crippen LogP contribution >= 0.6 is 12.4 Å². The highest BCUT2D eigenvalue weighted by molar-refractivity contribution is 5.97. The van der Waals surface area contributed by atoms with E-state index < -0.39 is 11.7 Å². The molecule has 1 aromatic carbocycles. The number of nitrogens with zero attached hydrogens (tertiary/aromatic N) is 3. The topological polar surface area (TPSA) is 89.7 Å². The minimum Gasteiger partial charge on any atom is -0.457 e. The monoisotopic (exact) mass is 407 g/mol. The normalized spacial score (nSPS) is 11.2. The van der Waals surface area contributed by atoms with E-state index in [1.165, 1.54) is 24.7 Å². The van der Waals surface area contributed by atoms with Crippen LogP contribution in [0.4, 0.5) is 19.0 Å². The number of halogens is 4. The van der Waals surface area contributed by atoms with Gasteiger partial charge in [0.15, 0.2) is 0 Å². The van der Waals surface area contributed by atoms with Crippen molar-refractivity contribution in [1.29, 1.82) is 0 Å². The van der Waals surface area contributed by atoms with Crippen LogP contribution in [0.5, 0.6) is 11.5 Å². The van der Waals surface area contributed by atoms with E-state index >= 15 is 0 Å². The molecule has 3 aromatic heterocycles. The van der Waals surface area contributed by atoms with Gasteiger partial charge < -0.3 is 15.5 Å². The van der Waals surface area contributed by atoms with E-state index in [0.717, 1.165) is 12.1 Å². The van der Waals surface area contributed by atoms with Crippen molar-refractivity contribution in [2.75, 3.05) is 5.73 Å². The maximum absolute atomic E-state index is 12.9. The first kappa shape index (κ1) is 19.4. The first-order valence-corrected chi connectivity index (χ1v) is 7.81. The Hall–Kier alpha value is -3.33. The van der Waals surface area contributed by atoms with Gasteiger partial charge in [-0.3, -0.25) is 0 Å². The number of nitrogen functional groups attached to an aromatic ring is 1. The third-order valence-electron chi connectivity index (χ3n) is 3.89. The van der Waals surface area contributed by atoms with Crippen LogP contribution in [-0.4, -0.2) is 19.9 Å². The first-order chi connectivity index (χ1) is 12.9. The number of anilines is 1. The highest BCUT2D eigenvalue weighted by Crippen LogP contribution is 2.37. The van der Waals surface area contributed by atoms with Gasteiger partial charge in [-0.1, -0.05) is 6.07 Å². The van der Waals surface area contributed by atoms with Gasteiger partial charge in [-0.15, -0.1) is 12.4 Å². The molecule has 0 radical (unpaired) electrons. The molecule has 3 N–H and O–H groups in total. The molecule has 28 heavy (non-hydrogen) atoms. The highest BCUT2D eigenvalue weighted by Gasteiger charge is 2.30.